The summed E-state index contributed by atoms with van der Waals surface area (Å²) in [5.74, 6) is 0.577. The minimum absolute atomic E-state index is 0.135. The second kappa shape index (κ2) is 6.64. The molecule has 2 heterocycles. The zero-order chi connectivity index (χ0) is 18.1. The van der Waals surface area contributed by atoms with Crippen molar-refractivity contribution in [3.63, 3.8) is 0 Å². The van der Waals surface area contributed by atoms with Gasteiger partial charge in [-0.15, -0.1) is 0 Å². The summed E-state index contributed by atoms with van der Waals surface area (Å²) in [4.78, 5) is 27.4. The van der Waals surface area contributed by atoms with E-state index in [9.17, 15) is 9.59 Å². The number of rotatable bonds is 3. The van der Waals surface area contributed by atoms with Crippen molar-refractivity contribution in [3.05, 3.63) is 53.9 Å². The fraction of sp³-hybridized carbons (Fsp3) is 0.211. The second-order valence-corrected chi connectivity index (χ2v) is 6.37. The molecule has 0 atom stereocenters. The number of hydrogen-bond donors (Lipinski definition) is 0. The van der Waals surface area contributed by atoms with Crippen LogP contribution < -0.4 is 0 Å². The molecule has 2 amide bonds. The molecule has 0 aliphatic carbocycles. The maximum absolute atomic E-state index is 12.7. The Hall–Kier alpha value is -2.73. The lowest BCUT2D eigenvalue weighted by molar-refractivity contribution is -0.126. The lowest BCUT2D eigenvalue weighted by Crippen LogP contribution is -2.39. The van der Waals surface area contributed by atoms with Gasteiger partial charge in [-0.3, -0.25) is 19.4 Å². The van der Waals surface area contributed by atoms with Gasteiger partial charge in [0.2, 0.25) is 5.91 Å². The molecule has 1 saturated heterocycles. The Morgan fingerprint density at radius 1 is 1.16 bits per heavy atom. The minimum Gasteiger partial charge on any atom is -0.457 e. The molecular formula is C19H18N2O3S. The second-order valence-electron chi connectivity index (χ2n) is 6.00. The Kier molecular flexibility index (Phi) is 4.55. The predicted octanol–water partition coefficient (Wildman–Crippen LogP) is 3.67. The van der Waals surface area contributed by atoms with Crippen molar-refractivity contribution in [1.29, 1.82) is 0 Å². The van der Waals surface area contributed by atoms with Gasteiger partial charge in [-0.1, -0.05) is 30.3 Å². The molecule has 25 heavy (non-hydrogen) atoms. The van der Waals surface area contributed by atoms with Crippen LogP contribution in [-0.4, -0.2) is 32.8 Å². The number of hydrogen-bond acceptors (Lipinski definition) is 4. The van der Waals surface area contributed by atoms with Gasteiger partial charge in [0.05, 0.1) is 0 Å². The summed E-state index contributed by atoms with van der Waals surface area (Å²) < 4.78 is 5.81. The van der Waals surface area contributed by atoms with Crippen LogP contribution in [0.25, 0.3) is 17.4 Å². The van der Waals surface area contributed by atoms with Crippen LogP contribution in [0.1, 0.15) is 26.5 Å². The maximum Gasteiger partial charge on any atom is 0.277 e. The van der Waals surface area contributed by atoms with Crippen LogP contribution in [0.3, 0.4) is 0 Å². The van der Waals surface area contributed by atoms with E-state index in [1.165, 1.54) is 16.7 Å². The van der Waals surface area contributed by atoms with Crippen LogP contribution in [0, 0.1) is 0 Å². The Bertz CT molecular complexity index is 868. The molecule has 2 aromatic rings. The summed E-state index contributed by atoms with van der Waals surface area (Å²) in [6, 6.07) is 13.1. The third-order valence-corrected chi connectivity index (χ3v) is 4.25. The van der Waals surface area contributed by atoms with Crippen molar-refractivity contribution in [2.75, 3.05) is 0 Å². The molecule has 0 unspecified atom stereocenters. The summed E-state index contributed by atoms with van der Waals surface area (Å²) in [5, 5.41) is 0.202. The van der Waals surface area contributed by atoms with Crippen molar-refractivity contribution in [3.8, 4) is 11.3 Å². The van der Waals surface area contributed by atoms with Gasteiger partial charge in [0.15, 0.2) is 5.11 Å². The highest BCUT2D eigenvalue weighted by Crippen LogP contribution is 2.28. The smallest absolute Gasteiger partial charge is 0.277 e. The monoisotopic (exact) mass is 354 g/mol. The number of furan rings is 1. The van der Waals surface area contributed by atoms with E-state index in [1.54, 1.807) is 12.1 Å². The molecule has 0 spiro atoms. The fourth-order valence-electron chi connectivity index (χ4n) is 2.73. The maximum atomic E-state index is 12.7. The summed E-state index contributed by atoms with van der Waals surface area (Å²) in [7, 11) is 0. The topological polar surface area (TPSA) is 53.8 Å². The van der Waals surface area contributed by atoms with Gasteiger partial charge < -0.3 is 4.42 Å². The molecule has 6 heteroatoms. The van der Waals surface area contributed by atoms with Gasteiger partial charge in [-0.05, 0) is 38.2 Å². The third-order valence-electron chi connectivity index (χ3n) is 3.87. The normalized spacial score (nSPS) is 16.4. The number of amides is 2. The van der Waals surface area contributed by atoms with Crippen LogP contribution in [0.2, 0.25) is 0 Å². The number of carbonyl (C=O) groups excluding carboxylic acids is 2. The van der Waals surface area contributed by atoms with Crippen molar-refractivity contribution in [2.45, 2.75) is 26.8 Å². The molecule has 0 saturated carbocycles. The van der Waals surface area contributed by atoms with Crippen molar-refractivity contribution in [1.82, 2.24) is 9.80 Å². The SMILES string of the molecule is CC(=O)N1C(=S)N(C(C)C)C(=O)C1=Cc1ccc(-c2ccccc2)o1. The molecule has 1 aromatic carbocycles. The Morgan fingerprint density at radius 2 is 1.84 bits per heavy atom. The number of benzene rings is 1. The highest BCUT2D eigenvalue weighted by molar-refractivity contribution is 7.80. The lowest BCUT2D eigenvalue weighted by Gasteiger charge is -2.20. The van der Waals surface area contributed by atoms with E-state index in [0.717, 1.165) is 5.56 Å². The van der Waals surface area contributed by atoms with E-state index in [4.69, 9.17) is 16.6 Å². The van der Waals surface area contributed by atoms with Crippen LogP contribution in [0.15, 0.2) is 52.6 Å². The average molecular weight is 354 g/mol. The first-order valence-electron chi connectivity index (χ1n) is 7.95. The Labute approximate surface area is 151 Å². The van der Waals surface area contributed by atoms with Gasteiger partial charge in [0.25, 0.3) is 5.91 Å². The number of nitrogens with zero attached hydrogens (tertiary/aromatic N) is 2. The van der Waals surface area contributed by atoms with Crippen molar-refractivity contribution >= 4 is 35.2 Å². The number of thiocarbonyl (C=S) groups is 1. The van der Waals surface area contributed by atoms with Crippen LogP contribution in [-0.2, 0) is 9.59 Å². The largest absolute Gasteiger partial charge is 0.457 e. The molecule has 1 aliphatic heterocycles. The van der Waals surface area contributed by atoms with Gasteiger partial charge in [-0.2, -0.15) is 0 Å². The summed E-state index contributed by atoms with van der Waals surface area (Å²) in [6.07, 6.45) is 1.56. The summed E-state index contributed by atoms with van der Waals surface area (Å²) in [5.41, 5.74) is 1.15. The first-order valence-corrected chi connectivity index (χ1v) is 8.36. The Morgan fingerprint density at radius 3 is 2.44 bits per heavy atom. The van der Waals surface area contributed by atoms with Gasteiger partial charge in [0.1, 0.15) is 17.2 Å². The molecule has 0 bridgehead atoms. The quantitative estimate of drug-likeness (QED) is 0.623. The summed E-state index contributed by atoms with van der Waals surface area (Å²) >= 11 is 5.31. The van der Waals surface area contributed by atoms with E-state index in [1.807, 2.05) is 50.2 Å². The zero-order valence-corrected chi connectivity index (χ0v) is 15.0. The highest BCUT2D eigenvalue weighted by atomic mass is 32.1. The average Bonchev–Trinajstić information content (AvgIpc) is 3.12. The van der Waals surface area contributed by atoms with E-state index in [-0.39, 0.29) is 28.7 Å². The molecule has 0 radical (unpaired) electrons. The molecule has 3 rings (SSSR count). The van der Waals surface area contributed by atoms with Crippen LogP contribution in [0.4, 0.5) is 0 Å². The molecule has 1 fully saturated rings. The lowest BCUT2D eigenvalue weighted by atomic mass is 10.2. The molecule has 128 valence electrons. The van der Waals surface area contributed by atoms with Crippen LogP contribution >= 0.6 is 12.2 Å². The fourth-order valence-corrected chi connectivity index (χ4v) is 3.25. The number of carbonyl (C=O) groups is 2. The van der Waals surface area contributed by atoms with E-state index < -0.39 is 0 Å². The molecule has 0 N–H and O–H groups in total. The van der Waals surface area contributed by atoms with Gasteiger partial charge >= 0.3 is 0 Å². The predicted molar refractivity (Wildman–Crippen MR) is 99.2 cm³/mol. The summed E-state index contributed by atoms with van der Waals surface area (Å²) in [6.45, 7) is 5.09. The third kappa shape index (κ3) is 3.13. The van der Waals surface area contributed by atoms with Crippen molar-refractivity contribution in [2.24, 2.45) is 0 Å². The standard InChI is InChI=1S/C19H18N2O3S/c1-12(2)20-18(23)16(21(13(3)22)19(20)25)11-15-9-10-17(24-15)14-7-5-4-6-8-14/h4-12H,1-3H3. The minimum atomic E-state index is -0.303. The van der Waals surface area contributed by atoms with Gasteiger partial charge in [0, 0.05) is 24.6 Å². The molecule has 1 aromatic heterocycles. The first-order chi connectivity index (χ1) is 11.9. The molecule has 1 aliphatic rings. The highest BCUT2D eigenvalue weighted by Gasteiger charge is 2.41. The van der Waals surface area contributed by atoms with E-state index >= 15 is 0 Å². The molecular weight excluding hydrogens is 336 g/mol. The van der Waals surface area contributed by atoms with E-state index in [2.05, 4.69) is 0 Å². The first kappa shape index (κ1) is 17.1. The molecule has 5 nitrogen and oxygen atoms in total. The van der Waals surface area contributed by atoms with E-state index in [0.29, 0.717) is 11.5 Å². The van der Waals surface area contributed by atoms with Gasteiger partial charge in [-0.25, -0.2) is 0 Å². The Balaban J connectivity index is 1.99. The van der Waals surface area contributed by atoms with Crippen molar-refractivity contribution < 1.29 is 14.0 Å². The van der Waals surface area contributed by atoms with Crippen LogP contribution in [0.5, 0.6) is 0 Å². The zero-order valence-electron chi connectivity index (χ0n) is 14.2.